The number of phosphoric acid groups is 2. The molecule has 0 heterocycles. The average Bonchev–Trinajstić information content (AvgIpc) is 2.37. The Labute approximate surface area is 236 Å². The maximum atomic E-state index is 11.2. The van der Waals surface area contributed by atoms with E-state index < -0.39 is 59.1 Å². The van der Waals surface area contributed by atoms with Gasteiger partial charge in [0.25, 0.3) is 0 Å². The molecule has 0 aromatic heterocycles. The molecule has 0 rings (SSSR count). The number of aliphatic hydroxyl groups is 4. The molecule has 0 unspecified atom stereocenters. The molecule has 0 aromatic carbocycles. The summed E-state index contributed by atoms with van der Waals surface area (Å²) >= 11 is 0. The van der Waals surface area contributed by atoms with Gasteiger partial charge in [-0.25, -0.2) is 0 Å². The fraction of sp³-hybridized carbons (Fsp3) is 0.857. The smallest absolute Gasteiger partial charge is 0.790 e. The number of phosphoric ester groups is 2. The quantitative estimate of drug-likeness (QED) is 0.176. The van der Waals surface area contributed by atoms with E-state index in [0.29, 0.717) is 0 Å². The fourth-order valence-corrected chi connectivity index (χ4v) is 1.72. The zero-order valence-corrected chi connectivity index (χ0v) is 24.4. The maximum absolute atomic E-state index is 11.2. The van der Waals surface area contributed by atoms with E-state index in [0.717, 1.165) is 0 Å². The first-order chi connectivity index (χ1) is 9.74. The first-order valence-corrected chi connectivity index (χ1v) is 8.25. The number of Topliss-reactive ketones (excluding diaryl/α,β-unsaturated/α-hetero) is 1. The maximum Gasteiger partial charge on any atom is 1.00 e. The van der Waals surface area contributed by atoms with Gasteiger partial charge >= 0.3 is 118 Å². The van der Waals surface area contributed by atoms with Crippen LogP contribution in [0.5, 0.6) is 0 Å². The molecule has 0 aliphatic rings. The van der Waals surface area contributed by atoms with Crippen molar-refractivity contribution in [3.05, 3.63) is 0 Å². The van der Waals surface area contributed by atoms with E-state index in [1.165, 1.54) is 0 Å². The van der Waals surface area contributed by atoms with E-state index in [-0.39, 0.29) is 118 Å². The topological polar surface area (TPSA) is 243 Å². The number of aliphatic hydroxyl groups excluding tert-OH is 4. The molecule has 0 radical (unpaired) electrons. The van der Waals surface area contributed by atoms with Gasteiger partial charge in [-0.2, -0.15) is 0 Å². The van der Waals surface area contributed by atoms with Gasteiger partial charge in [-0.05, 0) is 0 Å². The third kappa shape index (κ3) is 19.7. The summed E-state index contributed by atoms with van der Waals surface area (Å²) in [4.78, 5) is 51.7. The SMILES string of the molecule is O=C(COP(=O)([O-])[O-])[C@@H](O)[C@H](O)[C@H](O)[C@H](O)COP(=O)([O-])[O-].[Na+].[Na+].[Na+].[Na+]. The summed E-state index contributed by atoms with van der Waals surface area (Å²) in [5, 5.41) is 37.1. The van der Waals surface area contributed by atoms with E-state index in [4.69, 9.17) is 0 Å². The van der Waals surface area contributed by atoms with Gasteiger partial charge in [0.1, 0.15) is 31.0 Å². The van der Waals surface area contributed by atoms with Crippen LogP contribution in [0.1, 0.15) is 0 Å². The number of hydrogen-bond acceptors (Lipinski definition) is 13. The van der Waals surface area contributed by atoms with Crippen LogP contribution in [0.2, 0.25) is 0 Å². The van der Waals surface area contributed by atoms with Crippen molar-refractivity contribution in [2.75, 3.05) is 13.2 Å². The van der Waals surface area contributed by atoms with Crippen LogP contribution < -0.4 is 138 Å². The summed E-state index contributed by atoms with van der Waals surface area (Å²) in [6, 6.07) is 0. The summed E-state index contributed by atoms with van der Waals surface area (Å²) in [7, 11) is -11.0. The minimum atomic E-state index is -5.51. The average molecular weight is 458 g/mol. The Morgan fingerprint density at radius 2 is 1.19 bits per heavy atom. The van der Waals surface area contributed by atoms with Crippen LogP contribution in [-0.2, 0) is 23.0 Å². The first-order valence-electron chi connectivity index (χ1n) is 5.33. The second-order valence-corrected chi connectivity index (χ2v) is 6.23. The zero-order chi connectivity index (χ0) is 17.7. The Morgan fingerprint density at radius 3 is 1.54 bits per heavy atom. The standard InChI is InChI=1S/C7H16O13P2.4Na/c8-3(1-19-21(13,14)15)5(10)7(12)6(11)4(9)2-20-22(16,17)18;;;;/h3,5-8,10-12H,1-2H2,(H2,13,14,15)(H2,16,17,18);;;;/q;4*+1/p-4/t3-,5-,6-,7-;;;;/m1..../s1. The van der Waals surface area contributed by atoms with E-state index in [1.807, 2.05) is 0 Å². The number of rotatable bonds is 10. The van der Waals surface area contributed by atoms with Crippen molar-refractivity contribution < 1.29 is 181 Å². The Hall–Kier alpha value is 3.73. The predicted octanol–water partition coefficient (Wildman–Crippen LogP) is -18.3. The van der Waals surface area contributed by atoms with Crippen molar-refractivity contribution in [1.82, 2.24) is 0 Å². The van der Waals surface area contributed by atoms with Crippen molar-refractivity contribution in [3.63, 3.8) is 0 Å². The summed E-state index contributed by atoms with van der Waals surface area (Å²) in [5.74, 6) is -1.52. The van der Waals surface area contributed by atoms with Crippen molar-refractivity contribution in [1.29, 1.82) is 0 Å². The minimum Gasteiger partial charge on any atom is -0.790 e. The molecule has 13 nitrogen and oxygen atoms in total. The van der Waals surface area contributed by atoms with E-state index in [2.05, 4.69) is 9.05 Å². The molecule has 0 aliphatic heterocycles. The van der Waals surface area contributed by atoms with E-state index in [9.17, 15) is 53.9 Å². The molecule has 0 amide bonds. The summed E-state index contributed by atoms with van der Waals surface area (Å²) < 4.78 is 27.4. The second-order valence-electron chi connectivity index (χ2n) is 3.92. The molecular weight excluding hydrogens is 446 g/mol. The molecule has 132 valence electrons. The summed E-state index contributed by atoms with van der Waals surface area (Å²) in [5.41, 5.74) is 0. The predicted molar refractivity (Wildman–Crippen MR) is 56.2 cm³/mol. The third-order valence-corrected chi connectivity index (χ3v) is 3.08. The van der Waals surface area contributed by atoms with Crippen LogP contribution in [0, 0.1) is 0 Å². The zero-order valence-electron chi connectivity index (χ0n) is 14.6. The van der Waals surface area contributed by atoms with Crippen LogP contribution in [0.4, 0.5) is 0 Å². The van der Waals surface area contributed by atoms with Crippen molar-refractivity contribution in [2.24, 2.45) is 0 Å². The summed E-state index contributed by atoms with van der Waals surface area (Å²) in [6.45, 7) is -2.70. The molecule has 0 fully saturated rings. The molecule has 0 aromatic rings. The summed E-state index contributed by atoms with van der Waals surface area (Å²) in [6.07, 6.45) is -9.40. The number of carbonyl (C=O) groups is 1. The largest absolute Gasteiger partial charge is 1.00 e. The van der Waals surface area contributed by atoms with Crippen LogP contribution in [-0.4, -0.2) is 63.8 Å². The van der Waals surface area contributed by atoms with Gasteiger partial charge in [0.2, 0.25) is 0 Å². The Bertz CT molecular complexity index is 469. The number of ketones is 1. The minimum absolute atomic E-state index is 0. The third-order valence-electron chi connectivity index (χ3n) is 2.17. The van der Waals surface area contributed by atoms with Crippen LogP contribution in [0.3, 0.4) is 0 Å². The molecule has 0 saturated carbocycles. The Morgan fingerprint density at radius 1 is 0.808 bits per heavy atom. The van der Waals surface area contributed by atoms with E-state index >= 15 is 0 Å². The van der Waals surface area contributed by atoms with Crippen LogP contribution in [0.15, 0.2) is 0 Å². The molecule has 0 saturated heterocycles. The molecule has 0 spiro atoms. The Balaban J connectivity index is -0.000000367. The molecule has 0 bridgehead atoms. The normalized spacial score (nSPS) is 15.7. The van der Waals surface area contributed by atoms with Gasteiger partial charge in [-0.1, -0.05) is 0 Å². The molecule has 4 N–H and O–H groups in total. The van der Waals surface area contributed by atoms with Gasteiger partial charge in [0.15, 0.2) is 5.78 Å². The number of carbonyl (C=O) groups excluding carboxylic acids is 1. The van der Waals surface area contributed by atoms with Gasteiger partial charge in [0.05, 0.1) is 22.3 Å². The molecular formula is C7H12Na4O13P2. The van der Waals surface area contributed by atoms with Gasteiger partial charge < -0.3 is 58.2 Å². The first kappa shape index (κ1) is 40.1. The van der Waals surface area contributed by atoms with Crippen LogP contribution in [0.25, 0.3) is 0 Å². The fourth-order valence-electron chi connectivity index (χ4n) is 1.10. The molecule has 0 aliphatic carbocycles. The van der Waals surface area contributed by atoms with Gasteiger partial charge in [-0.3, -0.25) is 4.79 Å². The van der Waals surface area contributed by atoms with Crippen LogP contribution >= 0.6 is 15.6 Å². The molecule has 4 atom stereocenters. The van der Waals surface area contributed by atoms with Crippen molar-refractivity contribution >= 4 is 21.4 Å². The van der Waals surface area contributed by atoms with Crippen molar-refractivity contribution in [2.45, 2.75) is 24.4 Å². The van der Waals surface area contributed by atoms with E-state index in [1.54, 1.807) is 0 Å². The van der Waals surface area contributed by atoms with Gasteiger partial charge in [0, 0.05) is 0 Å². The van der Waals surface area contributed by atoms with Gasteiger partial charge in [-0.15, -0.1) is 0 Å². The molecule has 19 heteroatoms. The second kappa shape index (κ2) is 18.3. The molecule has 26 heavy (non-hydrogen) atoms. The Kier molecular flexibility index (Phi) is 28.3. The monoisotopic (exact) mass is 458 g/mol. The number of hydrogen-bond donors (Lipinski definition) is 4. The van der Waals surface area contributed by atoms with Crippen molar-refractivity contribution in [3.8, 4) is 0 Å².